The summed E-state index contributed by atoms with van der Waals surface area (Å²) in [4.78, 5) is 20.6. The standard InChI is InChI=1S/C23H25F3N6O/c1-15-8-9-18(32-28-10-11-29-32)17(13-15)22(33)31-12-4-5-16(2)19(31)14-27-21-7-3-6-20(30-21)23(24,25)26/h3,6-11,13,16,19H,4-5,12,14H2,1-2H3,(H,27,30)/t16?,19-/m1/s1. The average Bonchev–Trinajstić information content (AvgIpc) is 3.32. The molecule has 0 saturated carbocycles. The number of rotatable bonds is 5. The number of nitrogens with one attached hydrogen (secondary N) is 1. The third-order valence-electron chi connectivity index (χ3n) is 5.93. The third-order valence-corrected chi connectivity index (χ3v) is 5.93. The van der Waals surface area contributed by atoms with Crippen LogP contribution < -0.4 is 5.32 Å². The number of likely N-dealkylation sites (tertiary alicyclic amines) is 1. The van der Waals surface area contributed by atoms with Gasteiger partial charge in [-0.25, -0.2) is 4.98 Å². The van der Waals surface area contributed by atoms with Crippen molar-refractivity contribution in [1.29, 1.82) is 0 Å². The number of carbonyl (C=O) groups excluding carboxylic acids is 1. The summed E-state index contributed by atoms with van der Waals surface area (Å²) in [6, 6.07) is 9.08. The fraction of sp³-hybridized carbons (Fsp3) is 0.391. The summed E-state index contributed by atoms with van der Waals surface area (Å²) in [6.07, 6.45) is 0.359. The molecule has 1 amide bonds. The van der Waals surface area contributed by atoms with E-state index < -0.39 is 11.9 Å². The molecule has 2 aromatic heterocycles. The van der Waals surface area contributed by atoms with E-state index in [0.29, 0.717) is 24.3 Å². The molecule has 1 aliphatic rings. The van der Waals surface area contributed by atoms with E-state index in [2.05, 4.69) is 27.4 Å². The molecule has 0 aliphatic carbocycles. The Morgan fingerprint density at radius 2 is 1.94 bits per heavy atom. The lowest BCUT2D eigenvalue weighted by molar-refractivity contribution is -0.141. The van der Waals surface area contributed by atoms with Gasteiger partial charge in [0.05, 0.1) is 29.7 Å². The zero-order valence-electron chi connectivity index (χ0n) is 18.4. The molecule has 1 fully saturated rings. The van der Waals surface area contributed by atoms with Crippen LogP contribution in [0.15, 0.2) is 48.8 Å². The van der Waals surface area contributed by atoms with Crippen LogP contribution in [0.25, 0.3) is 5.69 Å². The molecule has 1 N–H and O–H groups in total. The average molecular weight is 458 g/mol. The van der Waals surface area contributed by atoms with E-state index >= 15 is 0 Å². The number of alkyl halides is 3. The van der Waals surface area contributed by atoms with Crippen molar-refractivity contribution in [2.45, 2.75) is 38.9 Å². The zero-order valence-corrected chi connectivity index (χ0v) is 18.4. The van der Waals surface area contributed by atoms with Crippen molar-refractivity contribution in [1.82, 2.24) is 24.9 Å². The normalized spacial score (nSPS) is 18.9. The number of halogens is 3. The van der Waals surface area contributed by atoms with Gasteiger partial charge < -0.3 is 10.2 Å². The summed E-state index contributed by atoms with van der Waals surface area (Å²) in [6.45, 7) is 4.82. The van der Waals surface area contributed by atoms with E-state index in [9.17, 15) is 18.0 Å². The maximum Gasteiger partial charge on any atom is 0.433 e. The Labute approximate surface area is 189 Å². The van der Waals surface area contributed by atoms with Gasteiger partial charge in [-0.3, -0.25) is 4.79 Å². The molecule has 1 unspecified atom stereocenters. The van der Waals surface area contributed by atoms with Crippen molar-refractivity contribution in [3.8, 4) is 5.69 Å². The zero-order chi connectivity index (χ0) is 23.6. The van der Waals surface area contributed by atoms with Gasteiger partial charge in [0.1, 0.15) is 11.5 Å². The number of aromatic nitrogens is 4. The van der Waals surface area contributed by atoms with Crippen molar-refractivity contribution in [3.05, 3.63) is 65.6 Å². The molecule has 1 aromatic carbocycles. The van der Waals surface area contributed by atoms with Crippen LogP contribution in [0, 0.1) is 12.8 Å². The fourth-order valence-corrected chi connectivity index (χ4v) is 4.20. The molecule has 3 aromatic rings. The summed E-state index contributed by atoms with van der Waals surface area (Å²) < 4.78 is 39.0. The molecule has 1 aliphatic heterocycles. The van der Waals surface area contributed by atoms with E-state index in [1.807, 2.05) is 25.1 Å². The maximum absolute atomic E-state index is 13.7. The highest BCUT2D eigenvalue weighted by atomic mass is 19.4. The Hall–Kier alpha value is -3.43. The predicted molar refractivity (Wildman–Crippen MR) is 117 cm³/mol. The first-order valence-corrected chi connectivity index (χ1v) is 10.8. The van der Waals surface area contributed by atoms with Crippen molar-refractivity contribution < 1.29 is 18.0 Å². The number of nitrogens with zero attached hydrogens (tertiary/aromatic N) is 5. The number of hydrogen-bond acceptors (Lipinski definition) is 5. The molecular weight excluding hydrogens is 433 g/mol. The molecule has 1 saturated heterocycles. The topological polar surface area (TPSA) is 75.9 Å². The number of anilines is 1. The van der Waals surface area contributed by atoms with Crippen molar-refractivity contribution in [2.75, 3.05) is 18.4 Å². The monoisotopic (exact) mass is 458 g/mol. The highest BCUT2D eigenvalue weighted by Crippen LogP contribution is 2.29. The van der Waals surface area contributed by atoms with Crippen LogP contribution in [0.3, 0.4) is 0 Å². The number of carbonyl (C=O) groups is 1. The molecule has 7 nitrogen and oxygen atoms in total. The molecule has 174 valence electrons. The molecule has 0 spiro atoms. The van der Waals surface area contributed by atoms with Gasteiger partial charge in [-0.15, -0.1) is 0 Å². The Kier molecular flexibility index (Phi) is 6.35. The Morgan fingerprint density at radius 3 is 2.67 bits per heavy atom. The first kappa shape index (κ1) is 22.8. The van der Waals surface area contributed by atoms with E-state index in [0.717, 1.165) is 24.5 Å². The molecule has 33 heavy (non-hydrogen) atoms. The van der Waals surface area contributed by atoms with Gasteiger partial charge in [0.15, 0.2) is 0 Å². The Balaban J connectivity index is 1.59. The minimum atomic E-state index is -4.51. The first-order valence-electron chi connectivity index (χ1n) is 10.8. The van der Waals surface area contributed by atoms with Crippen LogP contribution in [0.2, 0.25) is 0 Å². The minimum absolute atomic E-state index is 0.131. The molecule has 2 atom stereocenters. The predicted octanol–water partition coefficient (Wildman–Crippen LogP) is 4.34. The number of pyridine rings is 1. The second kappa shape index (κ2) is 9.21. The van der Waals surface area contributed by atoms with Gasteiger partial charge in [0.25, 0.3) is 5.91 Å². The van der Waals surface area contributed by atoms with Crippen LogP contribution in [0.1, 0.15) is 41.4 Å². The van der Waals surface area contributed by atoms with Gasteiger partial charge in [-0.2, -0.15) is 28.2 Å². The lowest BCUT2D eigenvalue weighted by atomic mass is 9.89. The smallest absolute Gasteiger partial charge is 0.368 e. The van der Waals surface area contributed by atoms with Crippen LogP contribution in [-0.2, 0) is 6.18 Å². The fourth-order valence-electron chi connectivity index (χ4n) is 4.20. The second-order valence-corrected chi connectivity index (χ2v) is 8.31. The third kappa shape index (κ3) is 4.99. The number of piperidine rings is 1. The summed E-state index contributed by atoms with van der Waals surface area (Å²) >= 11 is 0. The lowest BCUT2D eigenvalue weighted by Gasteiger charge is -2.40. The van der Waals surface area contributed by atoms with Crippen molar-refractivity contribution in [3.63, 3.8) is 0 Å². The molecule has 10 heteroatoms. The van der Waals surface area contributed by atoms with Gasteiger partial charge in [-0.05, 0) is 49.9 Å². The SMILES string of the molecule is Cc1ccc(-n2nccn2)c(C(=O)N2CCCC(C)[C@H]2CNc2cccc(C(F)(F)F)n2)c1. The summed E-state index contributed by atoms with van der Waals surface area (Å²) in [5.41, 5.74) is 1.05. The van der Waals surface area contributed by atoms with Crippen LogP contribution >= 0.6 is 0 Å². The van der Waals surface area contributed by atoms with Crippen molar-refractivity contribution in [2.24, 2.45) is 5.92 Å². The van der Waals surface area contributed by atoms with Gasteiger partial charge in [-0.1, -0.05) is 24.6 Å². The van der Waals surface area contributed by atoms with E-state index in [1.54, 1.807) is 17.3 Å². The van der Waals surface area contributed by atoms with Gasteiger partial charge in [0.2, 0.25) is 0 Å². The van der Waals surface area contributed by atoms with Gasteiger partial charge >= 0.3 is 6.18 Å². The molecule has 3 heterocycles. The van der Waals surface area contributed by atoms with Crippen LogP contribution in [0.4, 0.5) is 19.0 Å². The van der Waals surface area contributed by atoms with Crippen LogP contribution in [-0.4, -0.2) is 49.9 Å². The summed E-state index contributed by atoms with van der Waals surface area (Å²) in [5, 5.41) is 11.3. The number of benzene rings is 1. The summed E-state index contributed by atoms with van der Waals surface area (Å²) in [5.74, 6) is 0.144. The van der Waals surface area contributed by atoms with E-state index in [-0.39, 0.29) is 23.7 Å². The number of hydrogen-bond donors (Lipinski definition) is 1. The highest BCUT2D eigenvalue weighted by molar-refractivity contribution is 5.98. The molecule has 0 bridgehead atoms. The quantitative estimate of drug-likeness (QED) is 0.616. The maximum atomic E-state index is 13.7. The molecular formula is C23H25F3N6O. The molecule has 0 radical (unpaired) electrons. The largest absolute Gasteiger partial charge is 0.433 e. The minimum Gasteiger partial charge on any atom is -0.368 e. The number of aryl methyl sites for hydroxylation is 1. The van der Waals surface area contributed by atoms with Gasteiger partial charge in [0, 0.05) is 13.1 Å². The Bertz CT molecular complexity index is 1120. The highest BCUT2D eigenvalue weighted by Gasteiger charge is 2.35. The summed E-state index contributed by atoms with van der Waals surface area (Å²) in [7, 11) is 0. The second-order valence-electron chi connectivity index (χ2n) is 8.31. The lowest BCUT2D eigenvalue weighted by Crippen LogP contribution is -2.51. The Morgan fingerprint density at radius 1 is 1.18 bits per heavy atom. The van der Waals surface area contributed by atoms with Crippen LogP contribution in [0.5, 0.6) is 0 Å². The van der Waals surface area contributed by atoms with Crippen molar-refractivity contribution >= 4 is 11.7 Å². The van der Waals surface area contributed by atoms with E-state index in [4.69, 9.17) is 0 Å². The molecule has 4 rings (SSSR count). The number of amides is 1. The van der Waals surface area contributed by atoms with E-state index in [1.165, 1.54) is 16.9 Å². The first-order chi connectivity index (χ1) is 15.7.